The van der Waals surface area contributed by atoms with Crippen LogP contribution in [0, 0.1) is 19.3 Å². The molecule has 1 aromatic rings. The van der Waals surface area contributed by atoms with Crippen molar-refractivity contribution in [1.82, 2.24) is 5.32 Å². The molecule has 1 atom stereocenters. The molecule has 1 nitrogen and oxygen atoms in total. The quantitative estimate of drug-likeness (QED) is 0.715. The Morgan fingerprint density at radius 3 is 2.86 bits per heavy atom. The average Bonchev–Trinajstić information content (AvgIpc) is 2.19. The molecule has 0 aliphatic carbocycles. The van der Waals surface area contributed by atoms with Crippen LogP contribution < -0.4 is 5.32 Å². The second kappa shape index (κ2) is 5.47. The molecular formula is C13H17N. The van der Waals surface area contributed by atoms with E-state index in [1.165, 1.54) is 11.1 Å². The lowest BCUT2D eigenvalue weighted by atomic mass is 10.1. The van der Waals surface area contributed by atoms with Crippen molar-refractivity contribution in [2.24, 2.45) is 0 Å². The Bertz CT molecular complexity index is 322. The summed E-state index contributed by atoms with van der Waals surface area (Å²) in [4.78, 5) is 0. The molecule has 0 radical (unpaired) electrons. The molecule has 74 valence electrons. The Morgan fingerprint density at radius 1 is 1.50 bits per heavy atom. The van der Waals surface area contributed by atoms with Gasteiger partial charge in [-0.05, 0) is 25.5 Å². The molecular weight excluding hydrogens is 170 g/mol. The minimum Gasteiger partial charge on any atom is -0.300 e. The van der Waals surface area contributed by atoms with Crippen LogP contribution in [0.25, 0.3) is 0 Å². The Hall–Kier alpha value is -1.26. The van der Waals surface area contributed by atoms with Crippen molar-refractivity contribution in [3.8, 4) is 12.3 Å². The number of nitrogens with one attached hydrogen (secondary N) is 1. The van der Waals surface area contributed by atoms with Gasteiger partial charge in [-0.15, -0.1) is 6.42 Å². The van der Waals surface area contributed by atoms with Crippen LogP contribution >= 0.6 is 0 Å². The Labute approximate surface area is 86.5 Å². The molecule has 0 aromatic heterocycles. The molecule has 0 aliphatic heterocycles. The van der Waals surface area contributed by atoms with Crippen molar-refractivity contribution in [1.29, 1.82) is 0 Å². The first-order valence-corrected chi connectivity index (χ1v) is 5.04. The van der Waals surface area contributed by atoms with E-state index in [1.807, 2.05) is 6.07 Å². The SMILES string of the molecule is C#CC(NCCC)c1cccc(C)c1. The van der Waals surface area contributed by atoms with Gasteiger partial charge in [0, 0.05) is 0 Å². The van der Waals surface area contributed by atoms with E-state index >= 15 is 0 Å². The number of rotatable bonds is 4. The molecule has 0 amide bonds. The van der Waals surface area contributed by atoms with Crippen molar-refractivity contribution in [3.63, 3.8) is 0 Å². The molecule has 1 rings (SSSR count). The van der Waals surface area contributed by atoms with E-state index in [2.05, 4.69) is 43.3 Å². The molecule has 14 heavy (non-hydrogen) atoms. The van der Waals surface area contributed by atoms with Crippen LogP contribution in [-0.2, 0) is 0 Å². The first kappa shape index (κ1) is 10.8. The Morgan fingerprint density at radius 2 is 2.29 bits per heavy atom. The van der Waals surface area contributed by atoms with Crippen molar-refractivity contribution in [2.75, 3.05) is 6.54 Å². The molecule has 1 heteroatoms. The first-order valence-electron chi connectivity index (χ1n) is 5.04. The number of terminal acetylenes is 1. The zero-order chi connectivity index (χ0) is 10.4. The van der Waals surface area contributed by atoms with E-state index in [4.69, 9.17) is 6.42 Å². The van der Waals surface area contributed by atoms with Crippen molar-refractivity contribution in [3.05, 3.63) is 35.4 Å². The van der Waals surface area contributed by atoms with Crippen molar-refractivity contribution >= 4 is 0 Å². The van der Waals surface area contributed by atoms with Crippen LogP contribution in [0.5, 0.6) is 0 Å². The fourth-order valence-electron chi connectivity index (χ4n) is 1.41. The summed E-state index contributed by atoms with van der Waals surface area (Å²) in [6.07, 6.45) is 6.58. The summed E-state index contributed by atoms with van der Waals surface area (Å²) in [5.74, 6) is 2.77. The third-order valence-electron chi connectivity index (χ3n) is 2.14. The lowest BCUT2D eigenvalue weighted by molar-refractivity contribution is 0.626. The second-order valence-electron chi connectivity index (χ2n) is 3.47. The largest absolute Gasteiger partial charge is 0.300 e. The van der Waals surface area contributed by atoms with E-state index in [0.717, 1.165) is 13.0 Å². The summed E-state index contributed by atoms with van der Waals surface area (Å²) in [6.45, 7) is 5.18. The lowest BCUT2D eigenvalue weighted by Gasteiger charge is -2.12. The molecule has 0 bridgehead atoms. The Balaban J connectivity index is 2.75. The Kier molecular flexibility index (Phi) is 4.22. The highest BCUT2D eigenvalue weighted by atomic mass is 14.9. The van der Waals surface area contributed by atoms with Gasteiger partial charge in [-0.2, -0.15) is 0 Å². The summed E-state index contributed by atoms with van der Waals surface area (Å²) in [6, 6.07) is 8.38. The summed E-state index contributed by atoms with van der Waals surface area (Å²) in [5.41, 5.74) is 2.43. The van der Waals surface area contributed by atoms with E-state index in [0.29, 0.717) is 0 Å². The van der Waals surface area contributed by atoms with E-state index in [-0.39, 0.29) is 6.04 Å². The molecule has 1 aromatic carbocycles. The maximum absolute atomic E-state index is 5.48. The number of hydrogen-bond acceptors (Lipinski definition) is 1. The van der Waals surface area contributed by atoms with Crippen LogP contribution in [0.4, 0.5) is 0 Å². The molecule has 1 unspecified atom stereocenters. The fourth-order valence-corrected chi connectivity index (χ4v) is 1.41. The number of aryl methyl sites for hydroxylation is 1. The van der Waals surface area contributed by atoms with Crippen LogP contribution in [0.1, 0.15) is 30.5 Å². The van der Waals surface area contributed by atoms with Gasteiger partial charge in [0.25, 0.3) is 0 Å². The molecule has 0 heterocycles. The van der Waals surface area contributed by atoms with Gasteiger partial charge in [-0.1, -0.05) is 42.7 Å². The van der Waals surface area contributed by atoms with Crippen LogP contribution in [0.3, 0.4) is 0 Å². The van der Waals surface area contributed by atoms with Gasteiger partial charge in [0.15, 0.2) is 0 Å². The third kappa shape index (κ3) is 2.90. The first-order chi connectivity index (χ1) is 6.77. The topological polar surface area (TPSA) is 12.0 Å². The van der Waals surface area contributed by atoms with Gasteiger partial charge in [0.2, 0.25) is 0 Å². The molecule has 0 saturated heterocycles. The molecule has 1 N–H and O–H groups in total. The zero-order valence-electron chi connectivity index (χ0n) is 8.88. The van der Waals surface area contributed by atoms with Gasteiger partial charge in [-0.3, -0.25) is 0 Å². The van der Waals surface area contributed by atoms with Crippen LogP contribution in [0.2, 0.25) is 0 Å². The van der Waals surface area contributed by atoms with Crippen LogP contribution in [-0.4, -0.2) is 6.54 Å². The average molecular weight is 187 g/mol. The van der Waals surface area contributed by atoms with Gasteiger partial charge >= 0.3 is 0 Å². The zero-order valence-corrected chi connectivity index (χ0v) is 8.88. The minimum atomic E-state index is 0.0508. The maximum atomic E-state index is 5.48. The smallest absolute Gasteiger partial charge is 0.0943 e. The highest BCUT2D eigenvalue weighted by molar-refractivity contribution is 5.29. The lowest BCUT2D eigenvalue weighted by Crippen LogP contribution is -2.20. The predicted molar refractivity (Wildman–Crippen MR) is 61.0 cm³/mol. The maximum Gasteiger partial charge on any atom is 0.0943 e. The molecule has 0 aliphatic rings. The highest BCUT2D eigenvalue weighted by Gasteiger charge is 2.05. The number of benzene rings is 1. The number of hydrogen-bond donors (Lipinski definition) is 1. The van der Waals surface area contributed by atoms with Crippen LogP contribution in [0.15, 0.2) is 24.3 Å². The second-order valence-corrected chi connectivity index (χ2v) is 3.47. The highest BCUT2D eigenvalue weighted by Crippen LogP contribution is 2.13. The molecule has 0 saturated carbocycles. The monoisotopic (exact) mass is 187 g/mol. The standard InChI is InChI=1S/C13H17N/c1-4-9-14-13(5-2)12-8-6-7-11(3)10-12/h2,6-8,10,13-14H,4,9H2,1,3H3. The fraction of sp³-hybridized carbons (Fsp3) is 0.385. The van der Waals surface area contributed by atoms with Gasteiger partial charge in [0.05, 0.1) is 6.04 Å². The normalized spacial score (nSPS) is 12.1. The van der Waals surface area contributed by atoms with E-state index in [1.54, 1.807) is 0 Å². The van der Waals surface area contributed by atoms with Gasteiger partial charge < -0.3 is 5.32 Å². The van der Waals surface area contributed by atoms with Gasteiger partial charge in [0.1, 0.15) is 0 Å². The van der Waals surface area contributed by atoms with Crippen molar-refractivity contribution < 1.29 is 0 Å². The van der Waals surface area contributed by atoms with Crippen molar-refractivity contribution in [2.45, 2.75) is 26.3 Å². The summed E-state index contributed by atoms with van der Waals surface area (Å²) >= 11 is 0. The minimum absolute atomic E-state index is 0.0508. The van der Waals surface area contributed by atoms with Gasteiger partial charge in [-0.25, -0.2) is 0 Å². The summed E-state index contributed by atoms with van der Waals surface area (Å²) in [5, 5.41) is 3.33. The summed E-state index contributed by atoms with van der Waals surface area (Å²) < 4.78 is 0. The third-order valence-corrected chi connectivity index (χ3v) is 2.14. The van der Waals surface area contributed by atoms with E-state index < -0.39 is 0 Å². The molecule has 0 spiro atoms. The van der Waals surface area contributed by atoms with E-state index in [9.17, 15) is 0 Å². The summed E-state index contributed by atoms with van der Waals surface area (Å²) in [7, 11) is 0. The molecule has 0 fully saturated rings. The predicted octanol–water partition coefficient (Wildman–Crippen LogP) is 2.67.